The Morgan fingerprint density at radius 1 is 1.52 bits per heavy atom. The Kier molecular flexibility index (Phi) is 5.72. The van der Waals surface area contributed by atoms with Crippen molar-refractivity contribution >= 4 is 11.7 Å². The molecule has 0 bridgehead atoms. The van der Waals surface area contributed by atoms with Crippen LogP contribution in [0.2, 0.25) is 0 Å². The summed E-state index contributed by atoms with van der Waals surface area (Å²) in [7, 11) is 1.52. The second-order valence-corrected chi connectivity index (χ2v) is 3.82. The van der Waals surface area contributed by atoms with Crippen LogP contribution < -0.4 is 10.4 Å². The first-order chi connectivity index (χ1) is 10.0. The van der Waals surface area contributed by atoms with Crippen molar-refractivity contribution in [2.24, 2.45) is 0 Å². The van der Waals surface area contributed by atoms with Crippen LogP contribution in [0.1, 0.15) is 12.5 Å². The molecular formula is C14H13FN4O2. The molecule has 0 amide bonds. The van der Waals surface area contributed by atoms with Gasteiger partial charge in [0.1, 0.15) is 23.5 Å². The van der Waals surface area contributed by atoms with Gasteiger partial charge in [0.2, 0.25) is 0 Å². The number of ether oxygens (including phenoxy) is 1. The Hall–Kier alpha value is -3.06. The molecule has 0 aromatic heterocycles. The number of carbonyl (C=O) groups excluding carboxylic acids is 1. The van der Waals surface area contributed by atoms with Crippen LogP contribution >= 0.6 is 0 Å². The van der Waals surface area contributed by atoms with Gasteiger partial charge in [0.05, 0.1) is 12.3 Å². The molecular weight excluding hydrogens is 275 g/mol. The number of nitrogens with zero attached hydrogens (tertiary/aromatic N) is 3. The Morgan fingerprint density at radius 3 is 2.81 bits per heavy atom. The van der Waals surface area contributed by atoms with E-state index in [9.17, 15) is 9.18 Å². The summed E-state index contributed by atoms with van der Waals surface area (Å²) in [6.45, 7) is 1.77. The Morgan fingerprint density at radius 2 is 2.24 bits per heavy atom. The molecule has 7 heteroatoms. The smallest absolute Gasteiger partial charge is 0.350 e. The fourth-order valence-corrected chi connectivity index (χ4v) is 1.48. The summed E-state index contributed by atoms with van der Waals surface area (Å²) >= 11 is 0. The maximum Gasteiger partial charge on any atom is 0.350 e. The van der Waals surface area contributed by atoms with Crippen LogP contribution in [0.15, 0.2) is 30.0 Å². The number of nitrogens with one attached hydrogen (secondary N) is 1. The summed E-state index contributed by atoms with van der Waals surface area (Å²) < 4.78 is 18.2. The number of hydrogen-bond donors (Lipinski definition) is 1. The number of nitriles is 2. The monoisotopic (exact) mass is 288 g/mol. The highest BCUT2D eigenvalue weighted by atomic mass is 19.1. The third-order valence-electron chi connectivity index (χ3n) is 2.48. The van der Waals surface area contributed by atoms with Crippen molar-refractivity contribution in [2.45, 2.75) is 6.92 Å². The van der Waals surface area contributed by atoms with Gasteiger partial charge in [0.25, 0.3) is 0 Å². The third kappa shape index (κ3) is 3.95. The molecule has 21 heavy (non-hydrogen) atoms. The molecule has 0 unspecified atom stereocenters. The fourth-order valence-electron chi connectivity index (χ4n) is 1.48. The van der Waals surface area contributed by atoms with E-state index in [2.05, 4.69) is 5.43 Å². The second-order valence-electron chi connectivity index (χ2n) is 3.82. The molecule has 0 radical (unpaired) electrons. The van der Waals surface area contributed by atoms with Gasteiger partial charge in [-0.15, -0.1) is 0 Å². The lowest BCUT2D eigenvalue weighted by molar-refractivity contribution is -0.138. The number of esters is 1. The summed E-state index contributed by atoms with van der Waals surface area (Å²) in [5.74, 6) is -1.42. The topological polar surface area (TPSA) is 89.2 Å². The summed E-state index contributed by atoms with van der Waals surface area (Å²) in [5, 5.41) is 19.1. The molecule has 6 nitrogen and oxygen atoms in total. The molecule has 0 aliphatic carbocycles. The standard InChI is InChI=1S/C14H13FN4O2/c1-3-21-14(20)10(7-16)9-18-19(2)13-6-4-5-12(15)11(13)8-17/h4-6,9,18H,3H2,1-2H3/b10-9-. The number of carbonyl (C=O) groups is 1. The predicted octanol–water partition coefficient (Wildman–Crippen LogP) is 1.61. The Bertz CT molecular complexity index is 643. The van der Waals surface area contributed by atoms with Crippen molar-refractivity contribution in [3.63, 3.8) is 0 Å². The maximum absolute atomic E-state index is 13.5. The van der Waals surface area contributed by atoms with Gasteiger partial charge in [0.15, 0.2) is 5.57 Å². The van der Waals surface area contributed by atoms with Gasteiger partial charge in [-0.25, -0.2) is 9.18 Å². The lowest BCUT2D eigenvalue weighted by Gasteiger charge is -2.20. The number of rotatable bonds is 5. The van der Waals surface area contributed by atoms with E-state index in [4.69, 9.17) is 15.3 Å². The first-order valence-electron chi connectivity index (χ1n) is 6.01. The molecule has 0 heterocycles. The predicted molar refractivity (Wildman–Crippen MR) is 73.0 cm³/mol. The first-order valence-corrected chi connectivity index (χ1v) is 6.01. The molecule has 1 N–H and O–H groups in total. The lowest BCUT2D eigenvalue weighted by Crippen LogP contribution is -2.31. The van der Waals surface area contributed by atoms with E-state index in [1.54, 1.807) is 19.1 Å². The van der Waals surface area contributed by atoms with Crippen molar-refractivity contribution < 1.29 is 13.9 Å². The molecule has 0 saturated heterocycles. The van der Waals surface area contributed by atoms with Crippen molar-refractivity contribution in [1.82, 2.24) is 5.43 Å². The molecule has 0 saturated carbocycles. The van der Waals surface area contributed by atoms with Gasteiger partial charge in [-0.2, -0.15) is 10.5 Å². The molecule has 0 atom stereocenters. The van der Waals surface area contributed by atoms with E-state index in [0.717, 1.165) is 6.20 Å². The number of anilines is 1. The average molecular weight is 288 g/mol. The fraction of sp³-hybridized carbons (Fsp3) is 0.214. The molecule has 108 valence electrons. The van der Waals surface area contributed by atoms with Crippen LogP contribution in [0.4, 0.5) is 10.1 Å². The minimum absolute atomic E-state index is 0.143. The number of benzene rings is 1. The van der Waals surface area contributed by atoms with Crippen molar-refractivity contribution in [2.75, 3.05) is 18.7 Å². The molecule has 0 aliphatic rings. The summed E-state index contributed by atoms with van der Waals surface area (Å²) in [6.07, 6.45) is 1.13. The molecule has 0 fully saturated rings. The van der Waals surface area contributed by atoms with E-state index >= 15 is 0 Å². The van der Waals surface area contributed by atoms with Crippen LogP contribution in [-0.4, -0.2) is 19.6 Å². The molecule has 0 spiro atoms. The number of hydrogen-bond acceptors (Lipinski definition) is 6. The van der Waals surface area contributed by atoms with Gasteiger partial charge in [-0.05, 0) is 19.1 Å². The maximum atomic E-state index is 13.5. The zero-order valence-corrected chi connectivity index (χ0v) is 11.6. The Balaban J connectivity index is 2.95. The molecule has 0 aliphatic heterocycles. The van der Waals surface area contributed by atoms with Gasteiger partial charge < -0.3 is 10.2 Å². The van der Waals surface area contributed by atoms with Gasteiger partial charge in [0, 0.05) is 13.2 Å². The lowest BCUT2D eigenvalue weighted by atomic mass is 10.2. The van der Waals surface area contributed by atoms with E-state index < -0.39 is 11.8 Å². The average Bonchev–Trinajstić information content (AvgIpc) is 2.47. The van der Waals surface area contributed by atoms with Gasteiger partial charge in [-0.3, -0.25) is 5.01 Å². The highest BCUT2D eigenvalue weighted by molar-refractivity contribution is 5.92. The number of halogens is 1. The van der Waals surface area contributed by atoms with Crippen molar-refractivity contribution in [3.05, 3.63) is 41.4 Å². The summed E-state index contributed by atoms with van der Waals surface area (Å²) in [5.41, 5.74) is 2.51. The Labute approximate surface area is 121 Å². The molecule has 1 rings (SSSR count). The highest BCUT2D eigenvalue weighted by Gasteiger charge is 2.13. The summed E-state index contributed by atoms with van der Waals surface area (Å²) in [6, 6.07) is 7.59. The SMILES string of the molecule is CCOC(=O)/C(C#N)=C\NN(C)c1cccc(F)c1C#N. The second kappa shape index (κ2) is 7.51. The van der Waals surface area contributed by atoms with Crippen LogP contribution in [0.5, 0.6) is 0 Å². The van der Waals surface area contributed by atoms with E-state index in [-0.39, 0.29) is 23.4 Å². The summed E-state index contributed by atoms with van der Waals surface area (Å²) in [4.78, 5) is 11.4. The minimum atomic E-state index is -0.763. The first kappa shape index (κ1) is 16.0. The normalized spacial score (nSPS) is 10.2. The number of hydrazine groups is 1. The van der Waals surface area contributed by atoms with Crippen LogP contribution in [0.25, 0.3) is 0 Å². The van der Waals surface area contributed by atoms with E-state index in [0.29, 0.717) is 0 Å². The van der Waals surface area contributed by atoms with E-state index in [1.807, 2.05) is 0 Å². The highest BCUT2D eigenvalue weighted by Crippen LogP contribution is 2.20. The van der Waals surface area contributed by atoms with Gasteiger partial charge in [-0.1, -0.05) is 6.07 Å². The van der Waals surface area contributed by atoms with E-state index in [1.165, 1.54) is 30.3 Å². The third-order valence-corrected chi connectivity index (χ3v) is 2.48. The quantitative estimate of drug-likeness (QED) is 0.383. The van der Waals surface area contributed by atoms with Crippen LogP contribution in [-0.2, 0) is 9.53 Å². The minimum Gasteiger partial charge on any atom is -0.462 e. The van der Waals surface area contributed by atoms with Crippen molar-refractivity contribution in [1.29, 1.82) is 10.5 Å². The van der Waals surface area contributed by atoms with Crippen molar-refractivity contribution in [3.8, 4) is 12.1 Å². The largest absolute Gasteiger partial charge is 0.462 e. The van der Waals surface area contributed by atoms with Crippen LogP contribution in [0.3, 0.4) is 0 Å². The van der Waals surface area contributed by atoms with Gasteiger partial charge >= 0.3 is 5.97 Å². The zero-order chi connectivity index (χ0) is 15.8. The van der Waals surface area contributed by atoms with Crippen LogP contribution in [0, 0.1) is 28.5 Å². The molecule has 1 aromatic carbocycles. The zero-order valence-electron chi connectivity index (χ0n) is 11.6. The molecule has 1 aromatic rings.